The molecule has 0 bridgehead atoms. The molecule has 0 radical (unpaired) electrons. The van der Waals surface area contributed by atoms with Gasteiger partial charge in [0.05, 0.1) is 5.41 Å². The molecule has 266 valence electrons. The fourth-order valence-corrected chi connectivity index (χ4v) is 9.13. The van der Waals surface area contributed by atoms with Crippen LogP contribution in [0.4, 0.5) is 0 Å². The van der Waals surface area contributed by atoms with Crippen molar-refractivity contribution in [3.05, 3.63) is 210 Å². The molecule has 5 heteroatoms. The summed E-state index contributed by atoms with van der Waals surface area (Å²) in [6.45, 7) is 0. The maximum absolute atomic E-state index is 6.86. The summed E-state index contributed by atoms with van der Waals surface area (Å²) >= 11 is 0. The Bertz CT molecular complexity index is 3120. The van der Waals surface area contributed by atoms with Gasteiger partial charge in [-0.25, -0.2) is 15.0 Å². The Labute approximate surface area is 328 Å². The van der Waals surface area contributed by atoms with E-state index in [2.05, 4.69) is 127 Å². The number of nitrogens with zero attached hydrogens (tertiary/aromatic N) is 3. The van der Waals surface area contributed by atoms with Crippen LogP contribution >= 0.6 is 0 Å². The van der Waals surface area contributed by atoms with E-state index in [1.54, 1.807) is 0 Å². The first kappa shape index (κ1) is 31.7. The quantitative estimate of drug-likeness (QED) is 0.180. The van der Waals surface area contributed by atoms with Gasteiger partial charge in [0.15, 0.2) is 17.5 Å². The van der Waals surface area contributed by atoms with E-state index >= 15 is 0 Å². The van der Waals surface area contributed by atoms with E-state index in [1.807, 2.05) is 60.7 Å². The molecule has 3 heterocycles. The van der Waals surface area contributed by atoms with Crippen LogP contribution in [0, 0.1) is 0 Å². The molecule has 2 aliphatic rings. The predicted molar refractivity (Wildman–Crippen MR) is 226 cm³/mol. The molecule has 57 heavy (non-hydrogen) atoms. The molecule has 0 amide bonds. The Morgan fingerprint density at radius 1 is 0.351 bits per heavy atom. The third kappa shape index (κ3) is 4.66. The zero-order valence-corrected chi connectivity index (χ0v) is 30.6. The lowest BCUT2D eigenvalue weighted by atomic mass is 9.66. The van der Waals surface area contributed by atoms with Crippen molar-refractivity contribution >= 4 is 21.9 Å². The molecule has 8 aromatic carbocycles. The number of benzene rings is 8. The van der Waals surface area contributed by atoms with Crippen LogP contribution in [0.5, 0.6) is 11.5 Å². The van der Waals surface area contributed by atoms with Crippen LogP contribution in [0.3, 0.4) is 0 Å². The normalized spacial score (nSPS) is 13.2. The molecule has 1 aliphatic heterocycles. The van der Waals surface area contributed by atoms with Gasteiger partial charge in [0.1, 0.15) is 22.7 Å². The molecule has 0 saturated heterocycles. The second-order valence-electron chi connectivity index (χ2n) is 14.7. The van der Waals surface area contributed by atoms with Crippen molar-refractivity contribution < 1.29 is 9.15 Å². The van der Waals surface area contributed by atoms with Crippen molar-refractivity contribution in [2.24, 2.45) is 0 Å². The van der Waals surface area contributed by atoms with Crippen LogP contribution in [0.25, 0.3) is 78.4 Å². The monoisotopic (exact) mass is 729 g/mol. The summed E-state index contributed by atoms with van der Waals surface area (Å²) in [4.78, 5) is 14.8. The Balaban J connectivity index is 1.03. The molecule has 0 fully saturated rings. The van der Waals surface area contributed by atoms with Crippen LogP contribution in [-0.4, -0.2) is 15.0 Å². The van der Waals surface area contributed by atoms with Crippen LogP contribution in [-0.2, 0) is 5.41 Å². The highest BCUT2D eigenvalue weighted by Crippen LogP contribution is 2.62. The lowest BCUT2D eigenvalue weighted by Crippen LogP contribution is -2.32. The number of fused-ring (bicyclic) bond motifs is 12. The second kappa shape index (κ2) is 12.2. The average Bonchev–Trinajstić information content (AvgIpc) is 3.81. The molecule has 0 N–H and O–H groups in total. The van der Waals surface area contributed by atoms with Gasteiger partial charge in [-0.1, -0.05) is 158 Å². The first-order chi connectivity index (χ1) is 28.2. The summed E-state index contributed by atoms with van der Waals surface area (Å²) in [6, 6.07) is 65.4. The summed E-state index contributed by atoms with van der Waals surface area (Å²) in [5.41, 5.74) is 13.1. The molecule has 0 saturated carbocycles. The van der Waals surface area contributed by atoms with Gasteiger partial charge in [-0.05, 0) is 58.1 Å². The number of hydrogen-bond donors (Lipinski definition) is 0. The fourth-order valence-electron chi connectivity index (χ4n) is 9.13. The first-order valence-corrected chi connectivity index (χ1v) is 19.2. The molecule has 0 atom stereocenters. The number of ether oxygens (including phenoxy) is 1. The molecule has 12 rings (SSSR count). The Morgan fingerprint density at radius 3 is 1.58 bits per heavy atom. The number of furan rings is 1. The van der Waals surface area contributed by atoms with E-state index < -0.39 is 5.41 Å². The number of aromatic nitrogens is 3. The fraction of sp³-hybridized carbons (Fsp3) is 0.0192. The topological polar surface area (TPSA) is 61.0 Å². The molecule has 1 spiro atoms. The van der Waals surface area contributed by atoms with E-state index in [0.717, 1.165) is 72.4 Å². The Kier molecular flexibility index (Phi) is 6.78. The summed E-state index contributed by atoms with van der Waals surface area (Å²) in [5, 5.41) is 2.08. The van der Waals surface area contributed by atoms with Gasteiger partial charge in [0, 0.05) is 44.2 Å². The predicted octanol–water partition coefficient (Wildman–Crippen LogP) is 12.9. The lowest BCUT2D eigenvalue weighted by molar-refractivity contribution is 0.436. The van der Waals surface area contributed by atoms with Crippen LogP contribution < -0.4 is 4.74 Å². The zero-order chi connectivity index (χ0) is 37.5. The second-order valence-corrected chi connectivity index (χ2v) is 14.7. The van der Waals surface area contributed by atoms with Crippen LogP contribution in [0.15, 0.2) is 192 Å². The lowest BCUT2D eigenvalue weighted by Gasteiger charge is -2.39. The molecule has 2 aromatic heterocycles. The van der Waals surface area contributed by atoms with E-state index in [1.165, 1.54) is 22.3 Å². The molecule has 1 aliphatic carbocycles. The van der Waals surface area contributed by atoms with Crippen molar-refractivity contribution in [1.82, 2.24) is 15.0 Å². The van der Waals surface area contributed by atoms with Crippen LogP contribution in [0.1, 0.15) is 22.3 Å². The standard InChI is InChI=1S/C52H31N3O2/c1-3-14-32(15-4-1)49-53-50(33-16-5-2-6-17-33)55-51(54-49)35-26-28-39-40-21-13-20-36(48(40)57-47(39)31-35)34-27-29-46-44(30-34)52(43-24-11-12-25-45(43)56-46)41-22-9-7-18-37(41)38-19-8-10-23-42(38)52/h1-31H. The van der Waals surface area contributed by atoms with E-state index in [-0.39, 0.29) is 0 Å². The minimum atomic E-state index is -0.550. The smallest absolute Gasteiger partial charge is 0.164 e. The van der Waals surface area contributed by atoms with Gasteiger partial charge in [-0.3, -0.25) is 0 Å². The average molecular weight is 730 g/mol. The van der Waals surface area contributed by atoms with Gasteiger partial charge in [0.2, 0.25) is 0 Å². The van der Waals surface area contributed by atoms with Gasteiger partial charge in [-0.2, -0.15) is 0 Å². The van der Waals surface area contributed by atoms with Crippen molar-refractivity contribution in [3.8, 4) is 67.9 Å². The zero-order valence-electron chi connectivity index (χ0n) is 30.6. The summed E-state index contributed by atoms with van der Waals surface area (Å²) in [7, 11) is 0. The van der Waals surface area contributed by atoms with E-state index in [4.69, 9.17) is 24.1 Å². The molecule has 0 unspecified atom stereocenters. The van der Waals surface area contributed by atoms with Crippen molar-refractivity contribution in [2.45, 2.75) is 5.41 Å². The highest BCUT2D eigenvalue weighted by atomic mass is 16.5. The highest BCUT2D eigenvalue weighted by molar-refractivity contribution is 6.10. The Hall–Kier alpha value is -7.63. The van der Waals surface area contributed by atoms with Gasteiger partial charge >= 0.3 is 0 Å². The molecular weight excluding hydrogens is 699 g/mol. The third-order valence-corrected chi connectivity index (χ3v) is 11.6. The van der Waals surface area contributed by atoms with E-state index in [9.17, 15) is 0 Å². The first-order valence-electron chi connectivity index (χ1n) is 19.2. The minimum Gasteiger partial charge on any atom is -0.457 e. The molecule has 5 nitrogen and oxygen atoms in total. The summed E-state index contributed by atoms with van der Waals surface area (Å²) in [5.74, 6) is 3.56. The maximum Gasteiger partial charge on any atom is 0.164 e. The minimum absolute atomic E-state index is 0.550. The molecular formula is C52H31N3O2. The third-order valence-electron chi connectivity index (χ3n) is 11.6. The Morgan fingerprint density at radius 2 is 0.895 bits per heavy atom. The van der Waals surface area contributed by atoms with Gasteiger partial charge < -0.3 is 9.15 Å². The SMILES string of the molecule is c1ccc(-c2nc(-c3ccccc3)nc(-c3ccc4c(c3)oc3c(-c5ccc6c(c5)C5(c7ccccc7O6)c6ccccc6-c6ccccc65)cccc34)n2)cc1. The van der Waals surface area contributed by atoms with Crippen molar-refractivity contribution in [3.63, 3.8) is 0 Å². The number of hydrogen-bond acceptors (Lipinski definition) is 5. The van der Waals surface area contributed by atoms with Gasteiger partial charge in [0.25, 0.3) is 0 Å². The van der Waals surface area contributed by atoms with Crippen molar-refractivity contribution in [1.29, 1.82) is 0 Å². The van der Waals surface area contributed by atoms with E-state index in [0.29, 0.717) is 17.5 Å². The highest BCUT2D eigenvalue weighted by Gasteiger charge is 2.51. The summed E-state index contributed by atoms with van der Waals surface area (Å²) in [6.07, 6.45) is 0. The largest absolute Gasteiger partial charge is 0.457 e. The number of para-hydroxylation sites is 2. The maximum atomic E-state index is 6.86. The van der Waals surface area contributed by atoms with Gasteiger partial charge in [-0.15, -0.1) is 0 Å². The summed E-state index contributed by atoms with van der Waals surface area (Å²) < 4.78 is 13.6. The number of rotatable bonds is 4. The van der Waals surface area contributed by atoms with Crippen LogP contribution in [0.2, 0.25) is 0 Å². The molecule has 10 aromatic rings. The van der Waals surface area contributed by atoms with Crippen molar-refractivity contribution in [2.75, 3.05) is 0 Å².